The molecule has 2 aromatic rings. The van der Waals surface area contributed by atoms with Crippen LogP contribution in [0.5, 0.6) is 0 Å². The van der Waals surface area contributed by atoms with Crippen molar-refractivity contribution >= 4 is 23.1 Å². The number of nitrogens with one attached hydrogen (secondary N) is 1. The highest BCUT2D eigenvalue weighted by molar-refractivity contribution is 8.01. The molecule has 1 aliphatic rings. The van der Waals surface area contributed by atoms with Crippen LogP contribution in [-0.4, -0.2) is 6.04 Å². The average Bonchev–Trinajstić information content (AvgIpc) is 3.12. The van der Waals surface area contributed by atoms with Crippen molar-refractivity contribution in [3.63, 3.8) is 0 Å². The topological polar surface area (TPSA) is 12.0 Å². The summed E-state index contributed by atoms with van der Waals surface area (Å²) >= 11 is 2.62. The minimum absolute atomic E-state index is 0.264. The lowest BCUT2D eigenvalue weighted by atomic mass is 10.1. The van der Waals surface area contributed by atoms with Crippen molar-refractivity contribution in [1.82, 2.24) is 5.32 Å². The molecule has 1 aromatic carbocycles. The normalized spacial score (nSPS) is 15.4. The maximum absolute atomic E-state index is 13.2. The van der Waals surface area contributed by atoms with Crippen molar-refractivity contribution in [2.24, 2.45) is 0 Å². The number of halogens is 3. The van der Waals surface area contributed by atoms with E-state index in [0.29, 0.717) is 18.2 Å². The highest BCUT2D eigenvalue weighted by Crippen LogP contribution is 2.41. The van der Waals surface area contributed by atoms with Gasteiger partial charge in [0.05, 0.1) is 9.77 Å². The van der Waals surface area contributed by atoms with Crippen molar-refractivity contribution in [2.45, 2.75) is 40.7 Å². The van der Waals surface area contributed by atoms with Gasteiger partial charge in [-0.3, -0.25) is 0 Å². The minimum atomic E-state index is -4.32. The van der Waals surface area contributed by atoms with Crippen LogP contribution in [0.4, 0.5) is 13.2 Å². The molecule has 0 bridgehead atoms. The Balaban J connectivity index is 1.83. The number of hydrogen-bond donors (Lipinski definition) is 1. The quantitative estimate of drug-likeness (QED) is 0.812. The molecule has 21 heavy (non-hydrogen) atoms. The Hall–Kier alpha value is -0.980. The Morgan fingerprint density at radius 2 is 2.05 bits per heavy atom. The van der Waals surface area contributed by atoms with Crippen molar-refractivity contribution in [1.29, 1.82) is 0 Å². The first kappa shape index (κ1) is 14.9. The smallest absolute Gasteiger partial charge is 0.310 e. The summed E-state index contributed by atoms with van der Waals surface area (Å²) in [5.41, 5.74) is 0.140. The lowest BCUT2D eigenvalue weighted by Gasteiger charge is -2.14. The first-order chi connectivity index (χ1) is 10.0. The van der Waals surface area contributed by atoms with Crippen LogP contribution in [0.1, 0.15) is 24.0 Å². The molecule has 1 heterocycles. The fraction of sp³-hybridized carbons (Fsp3) is 0.333. The maximum Gasteiger partial charge on any atom is 0.417 e. The van der Waals surface area contributed by atoms with Crippen LogP contribution < -0.4 is 5.32 Å². The summed E-state index contributed by atoms with van der Waals surface area (Å²) in [6, 6.07) is 8.79. The van der Waals surface area contributed by atoms with Crippen LogP contribution in [-0.2, 0) is 12.7 Å². The lowest BCUT2D eigenvalue weighted by Crippen LogP contribution is -2.16. The second kappa shape index (κ2) is 6.02. The Labute approximate surface area is 129 Å². The standard InChI is InChI=1S/C15H14F3NS2/c16-15(17,18)12-8-10(9-19-11-4-5-11)3-6-13(12)21-14-2-1-7-20-14/h1-3,6-8,11,19H,4-5,9H2. The minimum Gasteiger partial charge on any atom is -0.310 e. The first-order valence-electron chi connectivity index (χ1n) is 6.67. The molecule has 0 spiro atoms. The third-order valence-corrected chi connectivity index (χ3v) is 5.34. The monoisotopic (exact) mass is 329 g/mol. The zero-order chi connectivity index (χ0) is 14.9. The van der Waals surface area contributed by atoms with Gasteiger partial charge in [-0.15, -0.1) is 11.3 Å². The Bertz CT molecular complexity index is 604. The summed E-state index contributed by atoms with van der Waals surface area (Å²) in [6.45, 7) is 0.498. The average molecular weight is 329 g/mol. The van der Waals surface area contributed by atoms with Gasteiger partial charge in [-0.25, -0.2) is 0 Å². The van der Waals surface area contributed by atoms with E-state index in [1.54, 1.807) is 12.1 Å². The molecule has 1 saturated carbocycles. The summed E-state index contributed by atoms with van der Waals surface area (Å²) in [4.78, 5) is 0.264. The third kappa shape index (κ3) is 4.02. The van der Waals surface area contributed by atoms with Crippen LogP contribution >= 0.6 is 23.1 Å². The highest BCUT2D eigenvalue weighted by atomic mass is 32.2. The molecule has 0 unspecified atom stereocenters. The van der Waals surface area contributed by atoms with Crippen molar-refractivity contribution in [2.75, 3.05) is 0 Å². The summed E-state index contributed by atoms with van der Waals surface area (Å²) in [5, 5.41) is 5.11. The summed E-state index contributed by atoms with van der Waals surface area (Å²) in [6.07, 6.45) is -2.08. The molecule has 1 fully saturated rings. The van der Waals surface area contributed by atoms with Gasteiger partial charge in [-0.2, -0.15) is 13.2 Å². The Morgan fingerprint density at radius 1 is 1.24 bits per heavy atom. The number of thiophene rings is 1. The zero-order valence-corrected chi connectivity index (χ0v) is 12.7. The molecule has 3 rings (SSSR count). The molecule has 112 valence electrons. The van der Waals surface area contributed by atoms with E-state index in [1.807, 2.05) is 17.5 Å². The fourth-order valence-corrected chi connectivity index (χ4v) is 3.84. The first-order valence-corrected chi connectivity index (χ1v) is 8.37. The third-order valence-electron chi connectivity index (χ3n) is 3.23. The number of alkyl halides is 3. The second-order valence-electron chi connectivity index (χ2n) is 5.02. The van der Waals surface area contributed by atoms with Gasteiger partial charge in [0.1, 0.15) is 0 Å². The van der Waals surface area contributed by atoms with Gasteiger partial charge in [-0.1, -0.05) is 23.9 Å². The van der Waals surface area contributed by atoms with Gasteiger partial charge in [-0.05, 0) is 42.0 Å². The van der Waals surface area contributed by atoms with Crippen molar-refractivity contribution in [3.05, 3.63) is 46.8 Å². The maximum atomic E-state index is 13.2. The van der Waals surface area contributed by atoms with E-state index in [1.165, 1.54) is 29.2 Å². The summed E-state index contributed by atoms with van der Waals surface area (Å²) in [7, 11) is 0. The molecular formula is C15H14F3NS2. The molecule has 0 saturated heterocycles. The summed E-state index contributed by atoms with van der Waals surface area (Å²) in [5.74, 6) is 0. The van der Waals surface area contributed by atoms with Gasteiger partial charge < -0.3 is 5.32 Å². The zero-order valence-electron chi connectivity index (χ0n) is 11.1. The van der Waals surface area contributed by atoms with Gasteiger partial charge >= 0.3 is 6.18 Å². The van der Waals surface area contributed by atoms with Gasteiger partial charge in [0.2, 0.25) is 0 Å². The van der Waals surface area contributed by atoms with Crippen LogP contribution in [0.25, 0.3) is 0 Å². The second-order valence-corrected chi connectivity index (χ2v) is 7.31. The van der Waals surface area contributed by atoms with E-state index in [4.69, 9.17) is 0 Å². The van der Waals surface area contributed by atoms with Crippen LogP contribution in [0.15, 0.2) is 44.8 Å². The molecule has 0 aliphatic heterocycles. The van der Waals surface area contributed by atoms with Gasteiger partial charge in [0, 0.05) is 17.5 Å². The van der Waals surface area contributed by atoms with E-state index >= 15 is 0 Å². The predicted molar refractivity (Wildman–Crippen MR) is 79.7 cm³/mol. The van der Waals surface area contributed by atoms with E-state index in [0.717, 1.165) is 17.1 Å². The molecule has 0 atom stereocenters. The number of benzene rings is 1. The molecule has 1 aromatic heterocycles. The molecule has 1 aliphatic carbocycles. The van der Waals surface area contributed by atoms with Crippen LogP contribution in [0.2, 0.25) is 0 Å². The molecule has 0 amide bonds. The number of hydrogen-bond acceptors (Lipinski definition) is 3. The SMILES string of the molecule is FC(F)(F)c1cc(CNC2CC2)ccc1Sc1cccs1. The van der Waals surface area contributed by atoms with Gasteiger partial charge in [0.25, 0.3) is 0 Å². The lowest BCUT2D eigenvalue weighted by molar-refractivity contribution is -0.139. The fourth-order valence-electron chi connectivity index (χ4n) is 1.98. The Morgan fingerprint density at radius 3 is 2.67 bits per heavy atom. The van der Waals surface area contributed by atoms with Gasteiger partial charge in [0.15, 0.2) is 0 Å². The van der Waals surface area contributed by atoms with E-state index in [-0.39, 0.29) is 4.90 Å². The molecule has 1 N–H and O–H groups in total. The Kier molecular flexibility index (Phi) is 4.28. The van der Waals surface area contributed by atoms with E-state index in [9.17, 15) is 13.2 Å². The van der Waals surface area contributed by atoms with E-state index in [2.05, 4.69) is 5.32 Å². The largest absolute Gasteiger partial charge is 0.417 e. The molecule has 1 nitrogen and oxygen atoms in total. The number of rotatable bonds is 5. The molecular weight excluding hydrogens is 315 g/mol. The van der Waals surface area contributed by atoms with Crippen molar-refractivity contribution in [3.8, 4) is 0 Å². The molecule has 6 heteroatoms. The molecule has 0 radical (unpaired) electrons. The van der Waals surface area contributed by atoms with Crippen LogP contribution in [0.3, 0.4) is 0 Å². The predicted octanol–water partition coefficient (Wildman–Crippen LogP) is 5.17. The van der Waals surface area contributed by atoms with E-state index < -0.39 is 11.7 Å². The summed E-state index contributed by atoms with van der Waals surface area (Å²) < 4.78 is 40.6. The van der Waals surface area contributed by atoms with Crippen LogP contribution in [0, 0.1) is 0 Å². The highest BCUT2D eigenvalue weighted by Gasteiger charge is 2.34. The van der Waals surface area contributed by atoms with Crippen molar-refractivity contribution < 1.29 is 13.2 Å².